The lowest BCUT2D eigenvalue weighted by molar-refractivity contribution is -0.143. The molecule has 0 radical (unpaired) electrons. The minimum atomic E-state index is -4.92. The van der Waals surface area contributed by atoms with Crippen molar-refractivity contribution in [3.63, 3.8) is 0 Å². The summed E-state index contributed by atoms with van der Waals surface area (Å²) >= 11 is 0. The molecule has 0 N–H and O–H groups in total. The van der Waals surface area contributed by atoms with Gasteiger partial charge in [-0.15, -0.1) is 0 Å². The van der Waals surface area contributed by atoms with Gasteiger partial charge in [0.2, 0.25) is 0 Å². The second-order valence-corrected chi connectivity index (χ2v) is 3.73. The third-order valence-corrected chi connectivity index (χ3v) is 2.34. The van der Waals surface area contributed by atoms with Crippen molar-refractivity contribution in [3.8, 4) is 0 Å². The molecule has 0 atom stereocenters. The zero-order chi connectivity index (χ0) is 14.8. The maximum Gasteiger partial charge on any atom is 0.433 e. The molecule has 0 aliphatic heterocycles. The summed E-state index contributed by atoms with van der Waals surface area (Å²) in [6.45, 7) is 1.17. The number of nitrogens with zero attached hydrogens (tertiary/aromatic N) is 1. The van der Waals surface area contributed by atoms with Crippen LogP contribution in [0.1, 0.15) is 28.9 Å². The maximum atomic E-state index is 12.8. The first-order valence-electron chi connectivity index (χ1n) is 5.09. The van der Waals surface area contributed by atoms with Crippen LogP contribution < -0.4 is 0 Å². The highest BCUT2D eigenvalue weighted by Crippen LogP contribution is 2.35. The van der Waals surface area contributed by atoms with E-state index in [9.17, 15) is 26.7 Å². The van der Waals surface area contributed by atoms with Crippen molar-refractivity contribution in [1.82, 2.24) is 4.98 Å². The monoisotopic (exact) mass is 283 g/mol. The predicted molar refractivity (Wildman–Crippen MR) is 54.7 cm³/mol. The van der Waals surface area contributed by atoms with E-state index in [1.54, 1.807) is 0 Å². The number of aromatic nitrogens is 1. The van der Waals surface area contributed by atoms with E-state index < -0.39 is 41.8 Å². The molecule has 1 heterocycles. The molecule has 19 heavy (non-hydrogen) atoms. The van der Waals surface area contributed by atoms with Crippen LogP contribution in [-0.2, 0) is 22.1 Å². The molecule has 8 heteroatoms. The van der Waals surface area contributed by atoms with E-state index in [4.69, 9.17) is 0 Å². The molecule has 0 aliphatic carbocycles. The molecule has 1 rings (SSSR count). The van der Waals surface area contributed by atoms with E-state index in [2.05, 4.69) is 9.72 Å². The molecule has 0 aromatic carbocycles. The van der Waals surface area contributed by atoms with Crippen molar-refractivity contribution in [2.75, 3.05) is 7.11 Å². The second-order valence-electron chi connectivity index (χ2n) is 3.73. The quantitative estimate of drug-likeness (QED) is 0.632. The molecule has 0 unspecified atom stereocenters. The Labute approximate surface area is 105 Å². The summed E-state index contributed by atoms with van der Waals surface area (Å²) in [6.07, 6.45) is -8.96. The Morgan fingerprint density at radius 1 is 1.42 bits per heavy atom. The van der Waals surface area contributed by atoms with E-state index in [1.165, 1.54) is 6.92 Å². The molecular formula is C11H10F5NO2. The number of hydrogen-bond acceptors (Lipinski definition) is 3. The van der Waals surface area contributed by atoms with E-state index in [0.717, 1.165) is 13.2 Å². The first-order valence-corrected chi connectivity index (χ1v) is 5.09. The molecule has 0 amide bonds. The number of hydrogen-bond donors (Lipinski definition) is 0. The largest absolute Gasteiger partial charge is 0.469 e. The Morgan fingerprint density at radius 3 is 2.42 bits per heavy atom. The van der Waals surface area contributed by atoms with E-state index in [-0.39, 0.29) is 5.69 Å². The SMILES string of the molecule is COC(=O)Cc1c(C(F)F)cc(C)nc1C(F)(F)F. The highest BCUT2D eigenvalue weighted by atomic mass is 19.4. The van der Waals surface area contributed by atoms with Crippen LogP contribution in [0.4, 0.5) is 22.0 Å². The summed E-state index contributed by atoms with van der Waals surface area (Å²) in [6, 6.07) is 0.832. The van der Waals surface area contributed by atoms with Crippen LogP contribution >= 0.6 is 0 Å². The number of pyridine rings is 1. The highest BCUT2D eigenvalue weighted by Gasteiger charge is 2.38. The summed E-state index contributed by atoms with van der Waals surface area (Å²) in [5.41, 5.74) is -3.38. The summed E-state index contributed by atoms with van der Waals surface area (Å²) < 4.78 is 68.1. The molecule has 0 spiro atoms. The molecule has 0 saturated heterocycles. The lowest BCUT2D eigenvalue weighted by atomic mass is 10.0. The summed E-state index contributed by atoms with van der Waals surface area (Å²) in [5.74, 6) is -1.04. The van der Waals surface area contributed by atoms with Crippen LogP contribution in [-0.4, -0.2) is 18.1 Å². The molecule has 0 saturated carbocycles. The minimum absolute atomic E-state index is 0.198. The Morgan fingerprint density at radius 2 is 2.00 bits per heavy atom. The van der Waals surface area contributed by atoms with E-state index >= 15 is 0 Å². The summed E-state index contributed by atoms with van der Waals surface area (Å²) in [7, 11) is 0.958. The zero-order valence-electron chi connectivity index (χ0n) is 10.0. The number of ether oxygens (including phenoxy) is 1. The number of carbonyl (C=O) groups excluding carboxylic acids is 1. The van der Waals surface area contributed by atoms with Gasteiger partial charge in [-0.1, -0.05) is 0 Å². The van der Waals surface area contributed by atoms with Crippen LogP contribution in [0.5, 0.6) is 0 Å². The zero-order valence-corrected chi connectivity index (χ0v) is 10.0. The Hall–Kier alpha value is -1.73. The molecule has 0 fully saturated rings. The Bertz CT molecular complexity index is 485. The molecule has 1 aromatic rings. The van der Waals surface area contributed by atoms with Crippen LogP contribution in [0, 0.1) is 6.92 Å². The standard InChI is InChI=1S/C11H10F5NO2/c1-5-3-7(10(12)13)6(4-8(18)19-2)9(17-5)11(14,15)16/h3,10H,4H2,1-2H3. The number of carbonyl (C=O) groups is 1. The number of aryl methyl sites for hydroxylation is 1. The summed E-state index contributed by atoms with van der Waals surface area (Å²) in [4.78, 5) is 14.3. The first kappa shape index (κ1) is 15.3. The maximum absolute atomic E-state index is 12.8. The van der Waals surface area contributed by atoms with Crippen molar-refractivity contribution >= 4 is 5.97 Å². The van der Waals surface area contributed by atoms with Crippen LogP contribution in [0.3, 0.4) is 0 Å². The lowest BCUT2D eigenvalue weighted by Gasteiger charge is -2.16. The van der Waals surface area contributed by atoms with Gasteiger partial charge < -0.3 is 4.74 Å². The topological polar surface area (TPSA) is 39.2 Å². The van der Waals surface area contributed by atoms with Gasteiger partial charge in [0.15, 0.2) is 0 Å². The number of rotatable bonds is 3. The van der Waals surface area contributed by atoms with Crippen molar-refractivity contribution in [1.29, 1.82) is 0 Å². The Kier molecular flexibility index (Phi) is 4.43. The second kappa shape index (κ2) is 5.50. The average Bonchev–Trinajstić information content (AvgIpc) is 2.28. The highest BCUT2D eigenvalue weighted by molar-refractivity contribution is 5.73. The number of alkyl halides is 5. The Balaban J connectivity index is 3.47. The van der Waals surface area contributed by atoms with Gasteiger partial charge in [0, 0.05) is 16.8 Å². The van der Waals surface area contributed by atoms with Gasteiger partial charge >= 0.3 is 12.1 Å². The van der Waals surface area contributed by atoms with Gasteiger partial charge in [-0.2, -0.15) is 13.2 Å². The summed E-state index contributed by atoms with van der Waals surface area (Å²) in [5, 5.41) is 0. The molecule has 1 aromatic heterocycles. The van der Waals surface area contributed by atoms with Crippen molar-refractivity contribution in [3.05, 3.63) is 28.6 Å². The van der Waals surface area contributed by atoms with Crippen molar-refractivity contribution in [2.24, 2.45) is 0 Å². The third kappa shape index (κ3) is 3.62. The molecule has 0 aliphatic rings. The third-order valence-electron chi connectivity index (χ3n) is 2.34. The van der Waals surface area contributed by atoms with E-state index in [0.29, 0.717) is 0 Å². The number of esters is 1. The van der Waals surface area contributed by atoms with E-state index in [1.807, 2.05) is 0 Å². The number of halogens is 5. The minimum Gasteiger partial charge on any atom is -0.469 e. The number of methoxy groups -OCH3 is 1. The van der Waals surface area contributed by atoms with Gasteiger partial charge in [0.1, 0.15) is 5.69 Å². The molecular weight excluding hydrogens is 273 g/mol. The van der Waals surface area contributed by atoms with Crippen molar-refractivity contribution in [2.45, 2.75) is 25.9 Å². The van der Waals surface area contributed by atoms with Crippen LogP contribution in [0.25, 0.3) is 0 Å². The fourth-order valence-corrected chi connectivity index (χ4v) is 1.56. The van der Waals surface area contributed by atoms with Gasteiger partial charge in [-0.05, 0) is 13.0 Å². The normalized spacial score (nSPS) is 11.8. The fraction of sp³-hybridized carbons (Fsp3) is 0.455. The molecule has 3 nitrogen and oxygen atoms in total. The first-order chi connectivity index (χ1) is 8.66. The van der Waals surface area contributed by atoms with Gasteiger partial charge in [0.25, 0.3) is 6.43 Å². The van der Waals surface area contributed by atoms with Crippen molar-refractivity contribution < 1.29 is 31.5 Å². The predicted octanol–water partition coefficient (Wildman–Crippen LogP) is 3.06. The molecule has 0 bridgehead atoms. The molecule has 106 valence electrons. The lowest BCUT2D eigenvalue weighted by Crippen LogP contribution is -2.18. The fourth-order valence-electron chi connectivity index (χ4n) is 1.56. The van der Waals surface area contributed by atoms with Crippen LogP contribution in [0.15, 0.2) is 6.07 Å². The van der Waals surface area contributed by atoms with Gasteiger partial charge in [-0.25, -0.2) is 13.8 Å². The van der Waals surface area contributed by atoms with Crippen LogP contribution in [0.2, 0.25) is 0 Å². The van der Waals surface area contributed by atoms with Gasteiger partial charge in [-0.3, -0.25) is 4.79 Å². The van der Waals surface area contributed by atoms with Gasteiger partial charge in [0.05, 0.1) is 13.5 Å². The average molecular weight is 283 g/mol. The smallest absolute Gasteiger partial charge is 0.433 e.